The first-order valence-corrected chi connectivity index (χ1v) is 10.9. The van der Waals surface area contributed by atoms with Gasteiger partial charge < -0.3 is 10.1 Å². The van der Waals surface area contributed by atoms with E-state index in [0.29, 0.717) is 23.0 Å². The van der Waals surface area contributed by atoms with Gasteiger partial charge in [0.1, 0.15) is 16.5 Å². The van der Waals surface area contributed by atoms with E-state index in [9.17, 15) is 9.18 Å². The molecule has 0 amide bonds. The lowest BCUT2D eigenvalue weighted by atomic mass is 10.1. The summed E-state index contributed by atoms with van der Waals surface area (Å²) in [7, 11) is 0. The van der Waals surface area contributed by atoms with Gasteiger partial charge in [-0.3, -0.25) is 14.3 Å². The fourth-order valence-electron chi connectivity index (χ4n) is 3.37. The van der Waals surface area contributed by atoms with E-state index < -0.39 is 10.7 Å². The lowest BCUT2D eigenvalue weighted by Gasteiger charge is -2.40. The van der Waals surface area contributed by atoms with Crippen LogP contribution in [-0.4, -0.2) is 47.2 Å². The van der Waals surface area contributed by atoms with Crippen LogP contribution in [0.25, 0.3) is 17.1 Å². The highest BCUT2D eigenvalue weighted by Crippen LogP contribution is 2.31. The molecule has 1 aliphatic heterocycles. The summed E-state index contributed by atoms with van der Waals surface area (Å²) in [5.41, 5.74) is 0.0511. The molecule has 0 bridgehead atoms. The van der Waals surface area contributed by atoms with Gasteiger partial charge in [-0.15, -0.1) is 12.6 Å². The van der Waals surface area contributed by atoms with Crippen molar-refractivity contribution in [3.63, 3.8) is 0 Å². The summed E-state index contributed by atoms with van der Waals surface area (Å²) in [5.74, 6) is -0.0399. The average Bonchev–Trinajstić information content (AvgIpc) is 2.76. The first-order valence-electron chi connectivity index (χ1n) is 10.1. The molecule has 0 aliphatic carbocycles. The molecule has 0 radical (unpaired) electrons. The second-order valence-corrected chi connectivity index (χ2v) is 8.49. The third-order valence-electron chi connectivity index (χ3n) is 5.00. The van der Waals surface area contributed by atoms with Gasteiger partial charge in [0.25, 0.3) is 5.56 Å². The number of hydrogen-bond acceptors (Lipinski definition) is 6. The average molecular weight is 465 g/mol. The number of rotatable bonds is 7. The smallest absolute Gasteiger partial charge is 0.265 e. The van der Waals surface area contributed by atoms with Crippen molar-refractivity contribution in [3.05, 3.63) is 69.7 Å². The van der Waals surface area contributed by atoms with Gasteiger partial charge in [-0.05, 0) is 50.3 Å². The molecule has 1 atom stereocenters. The predicted octanol–water partition coefficient (Wildman–Crippen LogP) is 3.69. The Bertz CT molecular complexity index is 1080. The van der Waals surface area contributed by atoms with E-state index in [-0.39, 0.29) is 10.9 Å². The van der Waals surface area contributed by atoms with Crippen molar-refractivity contribution in [3.8, 4) is 0 Å². The van der Waals surface area contributed by atoms with Gasteiger partial charge in [-0.1, -0.05) is 11.6 Å². The van der Waals surface area contributed by atoms with Gasteiger partial charge in [0.05, 0.1) is 23.8 Å². The number of halogens is 2. The first-order chi connectivity index (χ1) is 14.8. The van der Waals surface area contributed by atoms with Crippen LogP contribution >= 0.6 is 24.2 Å². The molecule has 166 valence electrons. The van der Waals surface area contributed by atoms with Crippen molar-refractivity contribution in [2.24, 2.45) is 0 Å². The maximum atomic E-state index is 13.8. The molecule has 1 N–H and O–H groups in total. The molecule has 3 rings (SSSR count). The SMILES string of the molecule is CCO/C=C/C(Cl)=C\C=C\n1c([C@](C)(S)N2CCNCC2)nc2ccc(F)cc2c1=O. The minimum Gasteiger partial charge on any atom is -0.501 e. The number of benzene rings is 1. The molecule has 6 nitrogen and oxygen atoms in total. The summed E-state index contributed by atoms with van der Waals surface area (Å²) in [5, 5.41) is 3.93. The standard InChI is InChI=1S/C22H26ClFN4O2S/c1-3-30-14-8-16(23)5-4-11-28-20(29)18-15-17(24)6-7-19(18)26-21(28)22(2,31)27-12-9-25-10-13-27/h4-8,11,14-15,25,31H,3,9-10,12-13H2,1-2H3/b11-4+,14-8+,16-5+/t22-/m0/s1. The van der Waals surface area contributed by atoms with E-state index in [1.165, 1.54) is 29.0 Å². The van der Waals surface area contributed by atoms with Crippen LogP contribution in [0.15, 0.2) is 52.5 Å². The van der Waals surface area contributed by atoms with Gasteiger partial charge in [0.2, 0.25) is 0 Å². The Hall–Kier alpha value is -2.13. The zero-order valence-corrected chi connectivity index (χ0v) is 19.2. The summed E-state index contributed by atoms with van der Waals surface area (Å²) in [6.45, 7) is 7.49. The van der Waals surface area contributed by atoms with Crippen LogP contribution in [0.2, 0.25) is 0 Å². The molecule has 1 aromatic heterocycles. The van der Waals surface area contributed by atoms with Gasteiger partial charge >= 0.3 is 0 Å². The van der Waals surface area contributed by atoms with Gasteiger partial charge in [-0.25, -0.2) is 9.37 Å². The van der Waals surface area contributed by atoms with E-state index in [1.54, 1.807) is 24.4 Å². The van der Waals surface area contributed by atoms with Gasteiger partial charge in [0, 0.05) is 37.4 Å². The van der Waals surface area contributed by atoms with Crippen LogP contribution in [0.4, 0.5) is 4.39 Å². The number of aromatic nitrogens is 2. The Morgan fingerprint density at radius 3 is 2.87 bits per heavy atom. The minimum atomic E-state index is -0.823. The normalized spacial score (nSPS) is 18.2. The third kappa shape index (κ3) is 5.57. The van der Waals surface area contributed by atoms with Gasteiger partial charge in [0.15, 0.2) is 0 Å². The maximum Gasteiger partial charge on any atom is 0.265 e. The number of nitrogens with zero attached hydrogens (tertiary/aromatic N) is 3. The van der Waals surface area contributed by atoms with Crippen molar-refractivity contribution in [2.75, 3.05) is 32.8 Å². The van der Waals surface area contributed by atoms with Crippen molar-refractivity contribution >= 4 is 41.3 Å². The molecule has 1 aromatic carbocycles. The van der Waals surface area contributed by atoms with Crippen LogP contribution in [0.3, 0.4) is 0 Å². The van der Waals surface area contributed by atoms with Crippen molar-refractivity contribution < 1.29 is 9.13 Å². The highest BCUT2D eigenvalue weighted by Gasteiger charge is 2.35. The molecule has 0 unspecified atom stereocenters. The number of piperazine rings is 1. The molecule has 1 saturated heterocycles. The number of thiol groups is 1. The Labute approximate surface area is 191 Å². The van der Waals surface area contributed by atoms with Crippen LogP contribution < -0.4 is 10.9 Å². The third-order valence-corrected chi connectivity index (χ3v) is 5.73. The van der Waals surface area contributed by atoms with Gasteiger partial charge in [-0.2, -0.15) is 0 Å². The van der Waals surface area contributed by atoms with E-state index in [1.807, 2.05) is 13.8 Å². The summed E-state index contributed by atoms with van der Waals surface area (Å²) >= 11 is 11.1. The number of nitrogens with one attached hydrogen (secondary N) is 1. The molecular weight excluding hydrogens is 439 g/mol. The van der Waals surface area contributed by atoms with E-state index in [0.717, 1.165) is 26.2 Å². The zero-order valence-electron chi connectivity index (χ0n) is 17.5. The number of fused-ring (bicyclic) bond motifs is 1. The maximum absolute atomic E-state index is 13.8. The predicted molar refractivity (Wildman–Crippen MR) is 127 cm³/mol. The second kappa shape index (κ2) is 10.5. The molecule has 2 heterocycles. The summed E-state index contributed by atoms with van der Waals surface area (Å²) in [6, 6.07) is 4.01. The summed E-state index contributed by atoms with van der Waals surface area (Å²) in [4.78, 5) is 19.3. The molecule has 1 aliphatic rings. The lowest BCUT2D eigenvalue weighted by molar-refractivity contribution is 0.153. The van der Waals surface area contributed by atoms with E-state index >= 15 is 0 Å². The van der Waals surface area contributed by atoms with Crippen molar-refractivity contribution in [1.29, 1.82) is 0 Å². The molecule has 0 saturated carbocycles. The topological polar surface area (TPSA) is 59.4 Å². The van der Waals surface area contributed by atoms with Crippen molar-refractivity contribution in [2.45, 2.75) is 18.7 Å². The molecular formula is C22H26ClFN4O2S. The summed E-state index contributed by atoms with van der Waals surface area (Å²) < 4.78 is 20.3. The zero-order chi connectivity index (χ0) is 22.4. The quantitative estimate of drug-likeness (QED) is 0.372. The molecule has 0 spiro atoms. The highest BCUT2D eigenvalue weighted by atomic mass is 35.5. The Morgan fingerprint density at radius 2 is 2.16 bits per heavy atom. The number of ether oxygens (including phenoxy) is 1. The first kappa shape index (κ1) is 23.5. The van der Waals surface area contributed by atoms with Crippen LogP contribution in [0.5, 0.6) is 0 Å². The fraction of sp³-hybridized carbons (Fsp3) is 0.364. The van der Waals surface area contributed by atoms with Crippen LogP contribution in [0, 0.1) is 5.82 Å². The minimum absolute atomic E-state index is 0.198. The van der Waals surface area contributed by atoms with E-state index in [4.69, 9.17) is 34.0 Å². The Morgan fingerprint density at radius 1 is 1.42 bits per heavy atom. The van der Waals surface area contributed by atoms with Crippen molar-refractivity contribution in [1.82, 2.24) is 19.8 Å². The molecule has 1 fully saturated rings. The monoisotopic (exact) mass is 464 g/mol. The Kier molecular flexibility index (Phi) is 7.94. The highest BCUT2D eigenvalue weighted by molar-refractivity contribution is 7.81. The second-order valence-electron chi connectivity index (χ2n) is 7.18. The van der Waals surface area contributed by atoms with Crippen LogP contribution in [-0.2, 0) is 9.61 Å². The molecule has 31 heavy (non-hydrogen) atoms. The molecule has 9 heteroatoms. The summed E-state index contributed by atoms with van der Waals surface area (Å²) in [6.07, 6.45) is 7.95. The fourth-order valence-corrected chi connectivity index (χ4v) is 3.85. The van der Waals surface area contributed by atoms with Crippen LogP contribution in [0.1, 0.15) is 19.7 Å². The molecule has 2 aromatic rings. The van der Waals surface area contributed by atoms with E-state index in [2.05, 4.69) is 10.2 Å². The Balaban J connectivity index is 2.09. The largest absolute Gasteiger partial charge is 0.501 e. The lowest BCUT2D eigenvalue weighted by Crippen LogP contribution is -2.52. The number of allylic oxidation sites excluding steroid dienone is 4. The number of hydrogen-bond donors (Lipinski definition) is 2.